The van der Waals surface area contributed by atoms with Crippen LogP contribution in [0.2, 0.25) is 5.02 Å². The highest BCUT2D eigenvalue weighted by molar-refractivity contribution is 7.22. The van der Waals surface area contributed by atoms with E-state index in [9.17, 15) is 4.79 Å². The molecule has 0 saturated carbocycles. The normalized spacial score (nSPS) is 15.4. The number of hydrogen-bond acceptors (Lipinski definition) is 6. The SMILES string of the molecule is CC(Oc1cccc(Cl)c1)C(=O)Nc1ccc2nc(N3CCOCC3)sc2c1. The van der Waals surface area contributed by atoms with Crippen LogP contribution in [0.4, 0.5) is 10.8 Å². The van der Waals surface area contributed by atoms with Crippen LogP contribution in [0, 0.1) is 0 Å². The molecule has 8 heteroatoms. The van der Waals surface area contributed by atoms with Crippen molar-refractivity contribution in [2.45, 2.75) is 13.0 Å². The highest BCUT2D eigenvalue weighted by Gasteiger charge is 2.18. The van der Waals surface area contributed by atoms with Crippen LogP contribution in [0.5, 0.6) is 5.75 Å². The van der Waals surface area contributed by atoms with E-state index < -0.39 is 6.10 Å². The Balaban J connectivity index is 1.44. The number of benzene rings is 2. The highest BCUT2D eigenvalue weighted by Crippen LogP contribution is 2.31. The van der Waals surface area contributed by atoms with E-state index >= 15 is 0 Å². The number of carbonyl (C=O) groups is 1. The van der Waals surface area contributed by atoms with Gasteiger partial charge in [0.2, 0.25) is 0 Å². The van der Waals surface area contributed by atoms with E-state index in [4.69, 9.17) is 26.1 Å². The van der Waals surface area contributed by atoms with Gasteiger partial charge in [0.25, 0.3) is 5.91 Å². The Bertz CT molecular complexity index is 988. The first-order chi connectivity index (χ1) is 13.6. The van der Waals surface area contributed by atoms with Crippen molar-refractivity contribution in [3.8, 4) is 5.75 Å². The smallest absolute Gasteiger partial charge is 0.265 e. The average Bonchev–Trinajstić information content (AvgIpc) is 3.12. The van der Waals surface area contributed by atoms with Crippen LogP contribution in [0.1, 0.15) is 6.92 Å². The van der Waals surface area contributed by atoms with Crippen LogP contribution in [-0.2, 0) is 9.53 Å². The number of nitrogens with one attached hydrogen (secondary N) is 1. The summed E-state index contributed by atoms with van der Waals surface area (Å²) in [4.78, 5) is 19.4. The number of fused-ring (bicyclic) bond motifs is 1. The first-order valence-electron chi connectivity index (χ1n) is 9.05. The molecule has 2 heterocycles. The number of halogens is 1. The van der Waals surface area contributed by atoms with Crippen molar-refractivity contribution in [2.75, 3.05) is 36.5 Å². The second-order valence-corrected chi connectivity index (χ2v) is 7.93. The molecule has 0 spiro atoms. The van der Waals surface area contributed by atoms with E-state index in [0.717, 1.165) is 47.3 Å². The van der Waals surface area contributed by atoms with E-state index in [1.54, 1.807) is 42.5 Å². The van der Waals surface area contributed by atoms with Crippen LogP contribution in [0.15, 0.2) is 42.5 Å². The lowest BCUT2D eigenvalue weighted by Crippen LogP contribution is -2.36. The second kappa shape index (κ2) is 8.34. The van der Waals surface area contributed by atoms with Gasteiger partial charge in [-0.3, -0.25) is 4.79 Å². The largest absolute Gasteiger partial charge is 0.481 e. The van der Waals surface area contributed by atoms with Gasteiger partial charge in [-0.05, 0) is 43.3 Å². The quantitative estimate of drug-likeness (QED) is 0.674. The molecule has 2 aromatic carbocycles. The molecule has 1 N–H and O–H groups in total. The molecular formula is C20H20ClN3O3S. The molecule has 1 atom stereocenters. The van der Waals surface area contributed by atoms with Gasteiger partial charge in [-0.1, -0.05) is 29.0 Å². The van der Waals surface area contributed by atoms with Gasteiger partial charge in [-0.15, -0.1) is 0 Å². The van der Waals surface area contributed by atoms with Crippen molar-refractivity contribution >= 4 is 49.9 Å². The van der Waals surface area contributed by atoms with Gasteiger partial charge in [0, 0.05) is 23.8 Å². The van der Waals surface area contributed by atoms with E-state index in [2.05, 4.69) is 10.2 Å². The molecule has 1 saturated heterocycles. The molecule has 28 heavy (non-hydrogen) atoms. The molecular weight excluding hydrogens is 398 g/mol. The van der Waals surface area contributed by atoms with Crippen LogP contribution in [-0.4, -0.2) is 43.3 Å². The van der Waals surface area contributed by atoms with Crippen LogP contribution in [0.3, 0.4) is 0 Å². The maximum absolute atomic E-state index is 12.5. The van der Waals surface area contributed by atoms with Gasteiger partial charge in [-0.2, -0.15) is 0 Å². The Morgan fingerprint density at radius 1 is 1.29 bits per heavy atom. The number of nitrogens with zero attached hydrogens (tertiary/aromatic N) is 2. The fraction of sp³-hybridized carbons (Fsp3) is 0.300. The fourth-order valence-corrected chi connectivity index (χ4v) is 4.16. The zero-order valence-electron chi connectivity index (χ0n) is 15.4. The summed E-state index contributed by atoms with van der Waals surface area (Å²) in [5.74, 6) is 0.334. The van der Waals surface area contributed by atoms with Crippen molar-refractivity contribution < 1.29 is 14.3 Å². The van der Waals surface area contributed by atoms with E-state index in [-0.39, 0.29) is 5.91 Å². The third-order valence-corrected chi connectivity index (χ3v) is 5.72. The zero-order chi connectivity index (χ0) is 19.5. The van der Waals surface area contributed by atoms with Crippen LogP contribution in [0.25, 0.3) is 10.2 Å². The molecule has 146 valence electrons. The van der Waals surface area contributed by atoms with Gasteiger partial charge < -0.3 is 19.7 Å². The van der Waals surface area contributed by atoms with Gasteiger partial charge in [0.15, 0.2) is 11.2 Å². The van der Waals surface area contributed by atoms with Crippen molar-refractivity contribution in [2.24, 2.45) is 0 Å². The number of ether oxygens (including phenoxy) is 2. The number of carbonyl (C=O) groups excluding carboxylic acids is 1. The number of rotatable bonds is 5. The summed E-state index contributed by atoms with van der Waals surface area (Å²) in [6.45, 7) is 4.85. The van der Waals surface area contributed by atoms with Crippen molar-refractivity contribution in [3.05, 3.63) is 47.5 Å². The molecule has 0 aliphatic carbocycles. The van der Waals surface area contributed by atoms with E-state index in [1.165, 1.54) is 0 Å². The summed E-state index contributed by atoms with van der Waals surface area (Å²) >= 11 is 7.58. The Morgan fingerprint density at radius 2 is 2.11 bits per heavy atom. The van der Waals surface area contributed by atoms with Crippen molar-refractivity contribution in [3.63, 3.8) is 0 Å². The van der Waals surface area contributed by atoms with Crippen molar-refractivity contribution in [1.82, 2.24) is 4.98 Å². The predicted molar refractivity (Wildman–Crippen MR) is 113 cm³/mol. The van der Waals surface area contributed by atoms with Gasteiger partial charge >= 0.3 is 0 Å². The Hall–Kier alpha value is -2.35. The summed E-state index contributed by atoms with van der Waals surface area (Å²) in [7, 11) is 0. The average molecular weight is 418 g/mol. The van der Waals surface area contributed by atoms with E-state index in [1.807, 2.05) is 18.2 Å². The Kier molecular flexibility index (Phi) is 5.66. The number of hydrogen-bond donors (Lipinski definition) is 1. The molecule has 1 unspecified atom stereocenters. The Labute approximate surface area is 172 Å². The lowest BCUT2D eigenvalue weighted by molar-refractivity contribution is -0.122. The van der Waals surface area contributed by atoms with Gasteiger partial charge in [0.05, 0.1) is 23.4 Å². The molecule has 1 amide bonds. The summed E-state index contributed by atoms with van der Waals surface area (Å²) in [5, 5.41) is 4.46. The molecule has 1 aromatic heterocycles. The van der Waals surface area contributed by atoms with Crippen LogP contribution < -0.4 is 15.0 Å². The van der Waals surface area contributed by atoms with Gasteiger partial charge in [0.1, 0.15) is 5.75 Å². The minimum Gasteiger partial charge on any atom is -0.481 e. The third-order valence-electron chi connectivity index (χ3n) is 4.40. The second-order valence-electron chi connectivity index (χ2n) is 6.49. The monoisotopic (exact) mass is 417 g/mol. The summed E-state index contributed by atoms with van der Waals surface area (Å²) < 4.78 is 12.1. The minimum atomic E-state index is -0.653. The topological polar surface area (TPSA) is 63.7 Å². The standard InChI is InChI=1S/C20H20ClN3O3S/c1-13(27-16-4-2-3-14(21)11-16)19(25)22-15-5-6-17-18(12-15)28-20(23-17)24-7-9-26-10-8-24/h2-6,11-13H,7-10H2,1H3,(H,22,25). The predicted octanol–water partition coefficient (Wildman–Crippen LogP) is 4.19. The molecule has 1 fully saturated rings. The fourth-order valence-electron chi connectivity index (χ4n) is 2.92. The lowest BCUT2D eigenvalue weighted by Gasteiger charge is -2.25. The molecule has 0 bridgehead atoms. The number of amides is 1. The minimum absolute atomic E-state index is 0.225. The number of aromatic nitrogens is 1. The lowest BCUT2D eigenvalue weighted by atomic mass is 10.2. The zero-order valence-corrected chi connectivity index (χ0v) is 16.9. The molecule has 1 aliphatic rings. The first-order valence-corrected chi connectivity index (χ1v) is 10.2. The maximum atomic E-state index is 12.5. The molecule has 6 nitrogen and oxygen atoms in total. The Morgan fingerprint density at radius 3 is 2.89 bits per heavy atom. The first kappa shape index (κ1) is 19.0. The summed E-state index contributed by atoms with van der Waals surface area (Å²) in [5.41, 5.74) is 1.64. The number of anilines is 2. The summed E-state index contributed by atoms with van der Waals surface area (Å²) in [6.07, 6.45) is -0.653. The highest BCUT2D eigenvalue weighted by atomic mass is 35.5. The molecule has 4 rings (SSSR count). The third kappa shape index (κ3) is 4.38. The molecule has 0 radical (unpaired) electrons. The van der Waals surface area contributed by atoms with Crippen molar-refractivity contribution in [1.29, 1.82) is 0 Å². The molecule has 3 aromatic rings. The molecule has 1 aliphatic heterocycles. The van der Waals surface area contributed by atoms with E-state index in [0.29, 0.717) is 10.8 Å². The van der Waals surface area contributed by atoms with Crippen LogP contribution >= 0.6 is 22.9 Å². The maximum Gasteiger partial charge on any atom is 0.265 e. The summed E-state index contributed by atoms with van der Waals surface area (Å²) in [6, 6.07) is 12.7. The number of morpholine rings is 1. The number of thiazole rings is 1. The van der Waals surface area contributed by atoms with Gasteiger partial charge in [-0.25, -0.2) is 4.98 Å².